The van der Waals surface area contributed by atoms with Crippen molar-refractivity contribution in [3.63, 3.8) is 0 Å². The van der Waals surface area contributed by atoms with E-state index in [2.05, 4.69) is 71.6 Å². The average molecular weight is 291 g/mol. The Morgan fingerprint density at radius 1 is 0.773 bits per heavy atom. The van der Waals surface area contributed by atoms with Gasteiger partial charge in [-0.3, -0.25) is 0 Å². The maximum absolute atomic E-state index is 2.60. The number of piperidine rings is 1. The molecule has 1 heteroatoms. The highest BCUT2D eigenvalue weighted by molar-refractivity contribution is 5.79. The van der Waals surface area contributed by atoms with Crippen LogP contribution in [-0.4, -0.2) is 24.5 Å². The number of hydrogen-bond acceptors (Lipinski definition) is 1. The molecule has 1 fully saturated rings. The van der Waals surface area contributed by atoms with Crippen LogP contribution in [0.25, 0.3) is 5.57 Å². The third-order valence-electron chi connectivity index (χ3n) is 4.41. The molecule has 1 nitrogen and oxygen atoms in total. The Labute approximate surface area is 134 Å². The van der Waals surface area contributed by atoms with Gasteiger partial charge in [-0.25, -0.2) is 0 Å². The molecule has 3 rings (SSSR count). The van der Waals surface area contributed by atoms with Crippen molar-refractivity contribution in [3.05, 3.63) is 77.9 Å². The standard InChI is InChI=1S/C21H25N/c1-4-11-19(12-5-1)21(20-13-6-2-7-14-20)15-10-18-22-16-8-3-9-17-22/h1-2,4-7,11-15H,3,8-10,16-18H2. The fourth-order valence-corrected chi connectivity index (χ4v) is 3.21. The van der Waals surface area contributed by atoms with Crippen molar-refractivity contribution in [3.8, 4) is 0 Å². The molecule has 0 amide bonds. The first kappa shape index (κ1) is 15.1. The van der Waals surface area contributed by atoms with E-state index < -0.39 is 0 Å². The minimum absolute atomic E-state index is 1.12. The molecule has 1 aliphatic heterocycles. The second-order valence-corrected chi connectivity index (χ2v) is 6.04. The Kier molecular flexibility index (Phi) is 5.44. The number of benzene rings is 2. The third kappa shape index (κ3) is 4.08. The van der Waals surface area contributed by atoms with Crippen LogP contribution < -0.4 is 0 Å². The third-order valence-corrected chi connectivity index (χ3v) is 4.41. The molecule has 0 N–H and O–H groups in total. The first-order valence-electron chi connectivity index (χ1n) is 8.47. The van der Waals surface area contributed by atoms with E-state index in [0.29, 0.717) is 0 Å². The summed E-state index contributed by atoms with van der Waals surface area (Å²) < 4.78 is 0. The zero-order chi connectivity index (χ0) is 15.0. The Balaban J connectivity index is 1.75. The molecular weight excluding hydrogens is 266 g/mol. The van der Waals surface area contributed by atoms with Crippen molar-refractivity contribution in [1.82, 2.24) is 4.90 Å². The van der Waals surface area contributed by atoms with Crippen LogP contribution in [0, 0.1) is 0 Å². The Bertz CT molecular complexity index is 538. The van der Waals surface area contributed by atoms with Gasteiger partial charge in [0, 0.05) is 6.54 Å². The van der Waals surface area contributed by atoms with E-state index in [1.807, 2.05) is 0 Å². The zero-order valence-corrected chi connectivity index (χ0v) is 13.2. The summed E-state index contributed by atoms with van der Waals surface area (Å²) in [6.45, 7) is 3.74. The van der Waals surface area contributed by atoms with Gasteiger partial charge >= 0.3 is 0 Å². The van der Waals surface area contributed by atoms with Crippen molar-refractivity contribution in [2.24, 2.45) is 0 Å². The fraction of sp³-hybridized carbons (Fsp3) is 0.333. The second kappa shape index (κ2) is 7.95. The van der Waals surface area contributed by atoms with E-state index in [4.69, 9.17) is 0 Å². The predicted molar refractivity (Wildman–Crippen MR) is 94.9 cm³/mol. The van der Waals surface area contributed by atoms with Gasteiger partial charge < -0.3 is 4.90 Å². The highest BCUT2D eigenvalue weighted by Gasteiger charge is 2.09. The van der Waals surface area contributed by atoms with Crippen LogP contribution in [0.3, 0.4) is 0 Å². The van der Waals surface area contributed by atoms with Crippen LogP contribution in [0.2, 0.25) is 0 Å². The summed E-state index contributed by atoms with van der Waals surface area (Å²) in [6, 6.07) is 21.5. The van der Waals surface area contributed by atoms with E-state index in [9.17, 15) is 0 Å². The molecule has 1 saturated heterocycles. The molecule has 0 radical (unpaired) electrons. The van der Waals surface area contributed by atoms with Crippen molar-refractivity contribution in [1.29, 1.82) is 0 Å². The van der Waals surface area contributed by atoms with Gasteiger partial charge in [0.1, 0.15) is 0 Å². The van der Waals surface area contributed by atoms with Crippen molar-refractivity contribution in [2.75, 3.05) is 19.6 Å². The zero-order valence-electron chi connectivity index (χ0n) is 13.2. The SMILES string of the molecule is C(CCN1CCCCC1)=C(c1ccccc1)c1ccccc1. The largest absolute Gasteiger partial charge is 0.303 e. The molecule has 0 aliphatic carbocycles. The van der Waals surface area contributed by atoms with Gasteiger partial charge in [0.2, 0.25) is 0 Å². The van der Waals surface area contributed by atoms with E-state index in [1.54, 1.807) is 0 Å². The fourth-order valence-electron chi connectivity index (χ4n) is 3.21. The highest BCUT2D eigenvalue weighted by atomic mass is 15.1. The molecule has 2 aromatic rings. The van der Waals surface area contributed by atoms with Gasteiger partial charge in [-0.2, -0.15) is 0 Å². The first-order chi connectivity index (χ1) is 10.9. The van der Waals surface area contributed by atoms with Gasteiger partial charge in [-0.15, -0.1) is 0 Å². The number of nitrogens with zero attached hydrogens (tertiary/aromatic N) is 1. The molecule has 0 spiro atoms. The lowest BCUT2D eigenvalue weighted by Crippen LogP contribution is -2.30. The molecule has 2 aromatic carbocycles. The highest BCUT2D eigenvalue weighted by Crippen LogP contribution is 2.23. The maximum Gasteiger partial charge on any atom is 0.00162 e. The summed E-state index contributed by atoms with van der Waals surface area (Å²) in [6.07, 6.45) is 7.69. The number of rotatable bonds is 5. The molecule has 0 atom stereocenters. The monoisotopic (exact) mass is 291 g/mol. The summed E-state index contributed by atoms with van der Waals surface area (Å²) in [4.78, 5) is 2.60. The molecule has 114 valence electrons. The molecule has 22 heavy (non-hydrogen) atoms. The Morgan fingerprint density at radius 2 is 1.32 bits per heavy atom. The minimum atomic E-state index is 1.12. The van der Waals surface area contributed by atoms with Gasteiger partial charge in [-0.1, -0.05) is 73.2 Å². The summed E-state index contributed by atoms with van der Waals surface area (Å²) in [5.74, 6) is 0. The quantitative estimate of drug-likeness (QED) is 0.749. The van der Waals surface area contributed by atoms with Gasteiger partial charge in [0.15, 0.2) is 0 Å². The van der Waals surface area contributed by atoms with Crippen LogP contribution in [0.1, 0.15) is 36.8 Å². The van der Waals surface area contributed by atoms with Gasteiger partial charge in [0.05, 0.1) is 0 Å². The molecule has 0 aromatic heterocycles. The first-order valence-corrected chi connectivity index (χ1v) is 8.47. The van der Waals surface area contributed by atoms with Crippen LogP contribution in [0.5, 0.6) is 0 Å². The number of hydrogen-bond donors (Lipinski definition) is 0. The molecule has 1 heterocycles. The molecule has 0 bridgehead atoms. The lowest BCUT2D eigenvalue weighted by atomic mass is 9.97. The van der Waals surface area contributed by atoms with Crippen LogP contribution in [-0.2, 0) is 0 Å². The Morgan fingerprint density at radius 3 is 1.86 bits per heavy atom. The summed E-state index contributed by atoms with van der Waals surface area (Å²) in [7, 11) is 0. The van der Waals surface area contributed by atoms with Crippen molar-refractivity contribution >= 4 is 5.57 Å². The Hall–Kier alpha value is -1.86. The maximum atomic E-state index is 2.60. The predicted octanol–water partition coefficient (Wildman–Crippen LogP) is 4.99. The van der Waals surface area contributed by atoms with E-state index in [0.717, 1.165) is 6.42 Å². The van der Waals surface area contributed by atoms with Crippen molar-refractivity contribution < 1.29 is 0 Å². The second-order valence-electron chi connectivity index (χ2n) is 6.04. The van der Waals surface area contributed by atoms with Crippen LogP contribution >= 0.6 is 0 Å². The molecular formula is C21H25N. The van der Waals surface area contributed by atoms with E-state index >= 15 is 0 Å². The van der Waals surface area contributed by atoms with E-state index in [-0.39, 0.29) is 0 Å². The smallest absolute Gasteiger partial charge is 0.00162 e. The van der Waals surface area contributed by atoms with Gasteiger partial charge in [-0.05, 0) is 49.1 Å². The molecule has 0 saturated carbocycles. The van der Waals surface area contributed by atoms with E-state index in [1.165, 1.54) is 55.6 Å². The lowest BCUT2D eigenvalue weighted by Gasteiger charge is -2.25. The van der Waals surface area contributed by atoms with Crippen molar-refractivity contribution in [2.45, 2.75) is 25.7 Å². The van der Waals surface area contributed by atoms with Crippen LogP contribution in [0.15, 0.2) is 66.7 Å². The topological polar surface area (TPSA) is 3.24 Å². The molecule has 0 unspecified atom stereocenters. The molecule has 1 aliphatic rings. The van der Waals surface area contributed by atoms with Crippen LogP contribution in [0.4, 0.5) is 0 Å². The summed E-state index contributed by atoms with van der Waals surface area (Å²) in [5, 5.41) is 0. The lowest BCUT2D eigenvalue weighted by molar-refractivity contribution is 0.233. The number of likely N-dealkylation sites (tertiary alicyclic amines) is 1. The normalized spacial score (nSPS) is 15.5. The average Bonchev–Trinajstić information content (AvgIpc) is 2.61. The summed E-state index contributed by atoms with van der Waals surface area (Å²) in [5.41, 5.74) is 3.98. The minimum Gasteiger partial charge on any atom is -0.303 e. The summed E-state index contributed by atoms with van der Waals surface area (Å²) >= 11 is 0. The van der Waals surface area contributed by atoms with Gasteiger partial charge in [0.25, 0.3) is 0 Å².